The maximum Gasteiger partial charge on any atom is 1.00 e. The molecular formula is C57H60BrF4NaO16S6. The number of alkyl halides is 2. The van der Waals surface area contributed by atoms with Gasteiger partial charge in [-0.2, -0.15) is 16.8 Å². The fourth-order valence-electron chi connectivity index (χ4n) is 10.7. The average Bonchev–Trinajstić information content (AvgIpc) is 2.24. The Hall–Kier alpha value is -4.20. The maximum atomic E-state index is 12.1. The molecule has 12 rings (SSSR count). The van der Waals surface area contributed by atoms with Crippen LogP contribution in [0, 0.1) is 37.5 Å². The summed E-state index contributed by atoms with van der Waals surface area (Å²) in [5.74, 6) is -0.377. The van der Waals surface area contributed by atoms with Gasteiger partial charge in [0.1, 0.15) is 44.7 Å². The normalized spacial score (nSPS) is 24.2. The zero-order chi connectivity index (χ0) is 59.6. The minimum atomic E-state index is -4.58. The van der Waals surface area contributed by atoms with E-state index in [2.05, 4.69) is 193 Å². The zero-order valence-electron chi connectivity index (χ0n) is 45.1. The summed E-state index contributed by atoms with van der Waals surface area (Å²) in [5, 5.41) is -0.941. The Morgan fingerprint density at radius 3 is 0.953 bits per heavy atom. The molecule has 16 nitrogen and oxygen atoms in total. The van der Waals surface area contributed by atoms with Crippen molar-refractivity contribution in [1.29, 1.82) is 0 Å². The van der Waals surface area contributed by atoms with Crippen LogP contribution in [0.15, 0.2) is 199 Å². The summed E-state index contributed by atoms with van der Waals surface area (Å²) in [7, 11) is -16.2. The van der Waals surface area contributed by atoms with Crippen LogP contribution in [0.4, 0.5) is 27.2 Å². The summed E-state index contributed by atoms with van der Waals surface area (Å²) >= 11 is 0. The molecule has 0 aromatic heterocycles. The smallest absolute Gasteiger partial charge is 1.00 e. The molecule has 10 atom stereocenters. The van der Waals surface area contributed by atoms with E-state index >= 15 is 0 Å². The van der Waals surface area contributed by atoms with Crippen molar-refractivity contribution in [2.75, 3.05) is 12.0 Å². The predicted molar refractivity (Wildman–Crippen MR) is 301 cm³/mol. The molecule has 2 aliphatic heterocycles. The topological polar surface area (TPSA) is 254 Å². The minimum Gasteiger partial charge on any atom is -1.00 e. The number of hydrogen-bond donors (Lipinski definition) is 0. The quantitative estimate of drug-likeness (QED) is 0.0440. The minimum absolute atomic E-state index is 0. The largest absolute Gasteiger partial charge is 1.00 e. The third kappa shape index (κ3) is 19.9. The number of carbonyl (C=O) groups excluding carboxylic acids is 2. The number of carbonyl (C=O) groups is 2. The van der Waals surface area contributed by atoms with Crippen LogP contribution < -0.4 is 46.5 Å². The van der Waals surface area contributed by atoms with Crippen LogP contribution in [0.2, 0.25) is 0 Å². The van der Waals surface area contributed by atoms with E-state index in [0.29, 0.717) is 25.7 Å². The first-order valence-corrected chi connectivity index (χ1v) is 33.7. The molecule has 28 heteroatoms. The number of rotatable bonds is 10. The summed E-state index contributed by atoms with van der Waals surface area (Å²) in [5.41, 5.74) is 2.61. The van der Waals surface area contributed by atoms with Gasteiger partial charge in [-0.25, -0.2) is 35.2 Å². The van der Waals surface area contributed by atoms with Crippen LogP contribution in [0.25, 0.3) is 0 Å². The first-order chi connectivity index (χ1) is 38.8. The van der Waals surface area contributed by atoms with E-state index in [0.717, 1.165) is 0 Å². The number of fused-ring (bicyclic) bond motifs is 2. The molecule has 4 saturated carbocycles. The van der Waals surface area contributed by atoms with Crippen molar-refractivity contribution in [3.8, 4) is 0 Å². The number of halogens is 5. The summed E-state index contributed by atoms with van der Waals surface area (Å²) < 4.78 is 164. The molecule has 6 aliphatic rings. The molecule has 2 saturated heterocycles. The summed E-state index contributed by atoms with van der Waals surface area (Å²) in [6.07, 6.45) is -4.35. The van der Waals surface area contributed by atoms with Crippen LogP contribution >= 0.6 is 0 Å². The Balaban J connectivity index is 0.000000227. The molecule has 10 unspecified atom stereocenters. The number of benzene rings is 6. The second-order valence-corrected chi connectivity index (χ2v) is 29.7. The molecule has 6 aromatic rings. The van der Waals surface area contributed by atoms with Crippen LogP contribution in [0.3, 0.4) is 0 Å². The van der Waals surface area contributed by atoms with Crippen molar-refractivity contribution >= 4 is 74.7 Å². The van der Waals surface area contributed by atoms with Crippen molar-refractivity contribution in [3.63, 3.8) is 0 Å². The van der Waals surface area contributed by atoms with Gasteiger partial charge in [-0.15, -0.1) is 8.78 Å². The summed E-state index contributed by atoms with van der Waals surface area (Å²) in [4.78, 5) is 28.6. The van der Waals surface area contributed by atoms with Gasteiger partial charge < -0.3 is 35.6 Å². The number of hydrogen-bond acceptors (Lipinski definition) is 16. The van der Waals surface area contributed by atoms with Gasteiger partial charge in [0.05, 0.1) is 32.3 Å². The molecule has 4 aliphatic carbocycles. The van der Waals surface area contributed by atoms with E-state index in [1.165, 1.54) is 40.5 Å². The van der Waals surface area contributed by atoms with Gasteiger partial charge >= 0.3 is 42.0 Å². The molecule has 0 amide bonds. The first kappa shape index (κ1) is 73.3. The molecule has 0 spiro atoms. The van der Waals surface area contributed by atoms with Gasteiger partial charge in [0.15, 0.2) is 41.4 Å². The van der Waals surface area contributed by atoms with E-state index in [1.807, 2.05) is 0 Å². The van der Waals surface area contributed by atoms with Crippen LogP contribution in [-0.2, 0) is 80.1 Å². The van der Waals surface area contributed by atoms with Gasteiger partial charge in [0, 0.05) is 23.7 Å². The zero-order valence-corrected chi connectivity index (χ0v) is 53.5. The van der Waals surface area contributed by atoms with Crippen molar-refractivity contribution in [3.05, 3.63) is 181 Å². The van der Waals surface area contributed by atoms with Gasteiger partial charge in [0.2, 0.25) is 0 Å². The van der Waals surface area contributed by atoms with E-state index in [9.17, 15) is 44.0 Å². The van der Waals surface area contributed by atoms with Crippen LogP contribution in [0.5, 0.6) is 0 Å². The molecule has 0 radical (unpaired) electrons. The predicted octanol–water partition coefficient (Wildman–Crippen LogP) is 4.94. The third-order valence-electron chi connectivity index (χ3n) is 14.0. The van der Waals surface area contributed by atoms with E-state index < -0.39 is 99.8 Å². The Morgan fingerprint density at radius 2 is 0.729 bits per heavy atom. The molecule has 4 bridgehead atoms. The van der Waals surface area contributed by atoms with Gasteiger partial charge in [-0.05, 0) is 112 Å². The molecule has 6 fully saturated rings. The van der Waals surface area contributed by atoms with E-state index in [-0.39, 0.29) is 99.4 Å². The number of aryl methyl sites for hydroxylation is 2. The maximum absolute atomic E-state index is 12.1. The van der Waals surface area contributed by atoms with Gasteiger partial charge in [-0.3, -0.25) is 8.37 Å². The average molecular weight is 1370 g/mol. The SMILES string of the molecule is C.Cc1ccc([S+](c2ccccc2)c2ccccc2)cc1.Cc1ccc([S+](c2ccccc2)c2ccccc2)cc1.O=C(F)OC1C2CC3C1OS(=O)(=O)C3C2.O=C(F)OC1C2CC3C1OS(=O)(=O)C3C2.O=S(=O)([O-])CF.O=S(=O)([O-])CF.[Br-].[Na+]. The van der Waals surface area contributed by atoms with Crippen LogP contribution in [-0.4, -0.2) is 102 Å². The monoisotopic (exact) mass is 1370 g/mol. The van der Waals surface area contributed by atoms with Crippen molar-refractivity contribution in [2.45, 2.75) is 111 Å². The molecule has 0 N–H and O–H groups in total. The Bertz CT molecular complexity index is 3250. The Morgan fingerprint density at radius 1 is 0.494 bits per heavy atom. The van der Waals surface area contributed by atoms with Gasteiger partial charge in [0.25, 0.3) is 20.2 Å². The summed E-state index contributed by atoms with van der Waals surface area (Å²) in [6, 6.07) is 57.1. The second kappa shape index (κ2) is 32.3. The third-order valence-corrected chi connectivity index (χ3v) is 22.5. The fraction of sp³-hybridized carbons (Fsp3) is 0.333. The Labute approximate surface area is 532 Å². The van der Waals surface area contributed by atoms with E-state index in [1.54, 1.807) is 0 Å². The van der Waals surface area contributed by atoms with Crippen LogP contribution in [0.1, 0.15) is 44.2 Å². The molecular weight excluding hydrogens is 1310 g/mol. The van der Waals surface area contributed by atoms with E-state index in [4.69, 9.17) is 34.3 Å². The molecule has 6 aromatic carbocycles. The second-order valence-electron chi connectivity index (χ2n) is 19.4. The molecule has 85 heavy (non-hydrogen) atoms. The first-order valence-electron chi connectivity index (χ1n) is 25.2. The Kier molecular flexibility index (Phi) is 27.9. The number of ether oxygens (including phenoxy) is 2. The fourth-order valence-corrected chi connectivity index (χ4v) is 18.6. The van der Waals surface area contributed by atoms with Crippen molar-refractivity contribution < 1.29 is 134 Å². The molecule has 2 heterocycles. The van der Waals surface area contributed by atoms with Gasteiger partial charge in [-0.1, -0.05) is 116 Å². The van der Waals surface area contributed by atoms with Crippen molar-refractivity contribution in [2.24, 2.45) is 23.7 Å². The standard InChI is InChI=1S/2C19H17S.2C8H9FO5S.2CH3FO3S.CH4.BrH.Na/c2*1-16-12-14-19(15-13-16)20(17-8-4-2-5-9-17)18-10-6-3-7-11-18;2*9-8(10)13-6-3-1-4-5(2-3)15(11,12)14-7(4)6;2*2-1-6(3,4)5;;;/h2*2-15H,1H3;2*3-7H,1-2H2;2*1H2,(H,3,4,5);1H4;1H;/q2*+1;;;;;;;+1/p-3. The summed E-state index contributed by atoms with van der Waals surface area (Å²) in [6.45, 7) is 4.26. The van der Waals surface area contributed by atoms with Crippen molar-refractivity contribution in [1.82, 2.24) is 0 Å². The molecule has 456 valence electrons.